The molecule has 31 heavy (non-hydrogen) atoms. The van der Waals surface area contributed by atoms with Crippen LogP contribution in [0.2, 0.25) is 5.02 Å². The third kappa shape index (κ3) is 6.09. The Hall–Kier alpha value is -2.35. The minimum absolute atomic E-state index is 0.111. The van der Waals surface area contributed by atoms with E-state index in [4.69, 9.17) is 11.6 Å². The Morgan fingerprint density at radius 3 is 2.58 bits per heavy atom. The molecule has 1 N–H and O–H groups in total. The molecule has 0 bridgehead atoms. The number of aromatic nitrogens is 3. The van der Waals surface area contributed by atoms with Crippen LogP contribution in [-0.4, -0.2) is 45.4 Å². The molecule has 1 unspecified atom stereocenters. The lowest BCUT2D eigenvalue weighted by Gasteiger charge is -2.23. The van der Waals surface area contributed by atoms with Gasteiger partial charge in [0.15, 0.2) is 11.0 Å². The Labute approximate surface area is 193 Å². The van der Waals surface area contributed by atoms with Gasteiger partial charge in [0.1, 0.15) is 0 Å². The summed E-state index contributed by atoms with van der Waals surface area (Å²) in [5.41, 5.74) is 2.83. The molecule has 1 amide bonds. The predicted octanol–water partition coefficient (Wildman–Crippen LogP) is 5.03. The third-order valence-corrected chi connectivity index (χ3v) is 6.40. The number of benzene rings is 2. The van der Waals surface area contributed by atoms with Gasteiger partial charge in [0, 0.05) is 10.7 Å². The normalized spacial score (nSPS) is 12.2. The highest BCUT2D eigenvalue weighted by atomic mass is 35.5. The maximum absolute atomic E-state index is 12.5. The zero-order valence-corrected chi connectivity index (χ0v) is 19.9. The first kappa shape index (κ1) is 23.3. The van der Waals surface area contributed by atoms with Gasteiger partial charge in [-0.05, 0) is 50.7 Å². The fraction of sp³-hybridized carbons (Fsp3) is 0.348. The number of nitrogens with zero attached hydrogens (tertiary/aromatic N) is 4. The fourth-order valence-electron chi connectivity index (χ4n) is 3.34. The quantitative estimate of drug-likeness (QED) is 0.456. The summed E-state index contributed by atoms with van der Waals surface area (Å²) >= 11 is 7.54. The van der Waals surface area contributed by atoms with Crippen molar-refractivity contribution in [3.63, 3.8) is 0 Å². The summed E-state index contributed by atoms with van der Waals surface area (Å²) in [6.45, 7) is 4.72. The van der Waals surface area contributed by atoms with Crippen LogP contribution >= 0.6 is 23.4 Å². The van der Waals surface area contributed by atoms with Crippen LogP contribution < -0.4 is 5.32 Å². The molecule has 164 valence electrons. The zero-order valence-electron chi connectivity index (χ0n) is 18.3. The van der Waals surface area contributed by atoms with E-state index >= 15 is 0 Å². The van der Waals surface area contributed by atoms with Crippen molar-refractivity contribution in [3.05, 3.63) is 70.5 Å². The van der Waals surface area contributed by atoms with Gasteiger partial charge in [-0.25, -0.2) is 0 Å². The van der Waals surface area contributed by atoms with Gasteiger partial charge in [-0.2, -0.15) is 0 Å². The van der Waals surface area contributed by atoms with E-state index < -0.39 is 0 Å². The van der Waals surface area contributed by atoms with Gasteiger partial charge in [-0.1, -0.05) is 66.7 Å². The van der Waals surface area contributed by atoms with Crippen molar-refractivity contribution in [2.24, 2.45) is 0 Å². The molecule has 0 aliphatic heterocycles. The molecular formula is C23H28ClN5OS. The number of hydrogen-bond donors (Lipinski definition) is 1. The largest absolute Gasteiger partial charge is 0.325 e. The minimum Gasteiger partial charge on any atom is -0.325 e. The summed E-state index contributed by atoms with van der Waals surface area (Å²) in [4.78, 5) is 14.7. The van der Waals surface area contributed by atoms with E-state index in [2.05, 4.69) is 44.0 Å². The van der Waals surface area contributed by atoms with Crippen molar-refractivity contribution in [3.8, 4) is 0 Å². The minimum atomic E-state index is -0.111. The lowest BCUT2D eigenvalue weighted by Crippen LogP contribution is -2.23. The van der Waals surface area contributed by atoms with Crippen LogP contribution in [0.3, 0.4) is 0 Å². The van der Waals surface area contributed by atoms with Crippen molar-refractivity contribution in [2.75, 3.05) is 25.2 Å². The van der Waals surface area contributed by atoms with Crippen molar-refractivity contribution in [1.29, 1.82) is 0 Å². The molecule has 0 saturated heterocycles. The van der Waals surface area contributed by atoms with Gasteiger partial charge >= 0.3 is 0 Å². The predicted molar refractivity (Wildman–Crippen MR) is 128 cm³/mol. The zero-order chi connectivity index (χ0) is 22.4. The van der Waals surface area contributed by atoms with Gasteiger partial charge in [0.05, 0.1) is 18.3 Å². The SMILES string of the molecule is CCC(c1nnc(SCC(=O)Nc2ccc(C)c(Cl)c2)n1Cc1ccccc1)N(C)C. The molecule has 2 aromatic carbocycles. The number of nitrogens with one attached hydrogen (secondary N) is 1. The number of carbonyl (C=O) groups excluding carboxylic acids is 1. The van der Waals surface area contributed by atoms with Crippen LogP contribution in [0.1, 0.15) is 36.3 Å². The maximum atomic E-state index is 12.5. The van der Waals surface area contributed by atoms with Crippen molar-refractivity contribution < 1.29 is 4.79 Å². The van der Waals surface area contributed by atoms with E-state index in [1.54, 1.807) is 6.07 Å². The number of anilines is 1. The molecule has 8 heteroatoms. The highest BCUT2D eigenvalue weighted by Gasteiger charge is 2.22. The second-order valence-corrected chi connectivity index (χ2v) is 8.95. The average Bonchev–Trinajstić information content (AvgIpc) is 3.12. The summed E-state index contributed by atoms with van der Waals surface area (Å²) in [5.74, 6) is 1.03. The van der Waals surface area contributed by atoms with E-state index in [9.17, 15) is 4.79 Å². The molecule has 6 nitrogen and oxygen atoms in total. The maximum Gasteiger partial charge on any atom is 0.234 e. The van der Waals surface area contributed by atoms with E-state index in [0.29, 0.717) is 17.3 Å². The van der Waals surface area contributed by atoms with Crippen LogP contribution in [0.15, 0.2) is 53.7 Å². The Morgan fingerprint density at radius 2 is 1.94 bits per heavy atom. The first-order chi connectivity index (χ1) is 14.9. The molecule has 3 aromatic rings. The molecular weight excluding hydrogens is 430 g/mol. The Kier molecular flexibility index (Phi) is 8.12. The summed E-state index contributed by atoms with van der Waals surface area (Å²) in [5, 5.41) is 13.2. The summed E-state index contributed by atoms with van der Waals surface area (Å²) in [6.07, 6.45) is 0.916. The van der Waals surface area contributed by atoms with Crippen LogP contribution in [0.4, 0.5) is 5.69 Å². The molecule has 3 rings (SSSR count). The third-order valence-electron chi connectivity index (χ3n) is 5.03. The van der Waals surface area contributed by atoms with Crippen LogP contribution in [0, 0.1) is 6.92 Å². The van der Waals surface area contributed by atoms with E-state index in [0.717, 1.165) is 28.5 Å². The number of hydrogen-bond acceptors (Lipinski definition) is 5. The molecule has 0 fully saturated rings. The second-order valence-electron chi connectivity index (χ2n) is 7.60. The molecule has 0 aliphatic carbocycles. The summed E-state index contributed by atoms with van der Waals surface area (Å²) < 4.78 is 2.12. The smallest absolute Gasteiger partial charge is 0.234 e. The van der Waals surface area contributed by atoms with Gasteiger partial charge in [-0.15, -0.1) is 10.2 Å². The molecule has 1 heterocycles. The van der Waals surface area contributed by atoms with Crippen LogP contribution in [-0.2, 0) is 11.3 Å². The van der Waals surface area contributed by atoms with E-state index in [1.807, 2.05) is 51.4 Å². The molecule has 0 saturated carbocycles. The number of amides is 1. The first-order valence-corrected chi connectivity index (χ1v) is 11.6. The van der Waals surface area contributed by atoms with Crippen molar-refractivity contribution >= 4 is 35.0 Å². The summed E-state index contributed by atoms with van der Waals surface area (Å²) in [7, 11) is 4.09. The molecule has 0 aliphatic rings. The lowest BCUT2D eigenvalue weighted by molar-refractivity contribution is -0.113. The highest BCUT2D eigenvalue weighted by molar-refractivity contribution is 7.99. The van der Waals surface area contributed by atoms with Gasteiger partial charge in [0.25, 0.3) is 0 Å². The van der Waals surface area contributed by atoms with Crippen LogP contribution in [0.25, 0.3) is 0 Å². The average molecular weight is 458 g/mol. The number of halogens is 1. The Morgan fingerprint density at radius 1 is 1.19 bits per heavy atom. The van der Waals surface area contributed by atoms with Gasteiger partial charge in [-0.3, -0.25) is 9.69 Å². The summed E-state index contributed by atoms with van der Waals surface area (Å²) in [6, 6.07) is 15.9. The molecule has 0 spiro atoms. The monoisotopic (exact) mass is 457 g/mol. The number of thioether (sulfide) groups is 1. The van der Waals surface area contributed by atoms with Crippen molar-refractivity contribution in [2.45, 2.75) is 38.0 Å². The molecule has 1 aromatic heterocycles. The highest BCUT2D eigenvalue weighted by Crippen LogP contribution is 2.26. The fourth-order valence-corrected chi connectivity index (χ4v) is 4.27. The molecule has 1 atom stereocenters. The Balaban J connectivity index is 1.77. The van der Waals surface area contributed by atoms with Crippen LogP contribution in [0.5, 0.6) is 0 Å². The van der Waals surface area contributed by atoms with Crippen molar-refractivity contribution in [1.82, 2.24) is 19.7 Å². The molecule has 0 radical (unpaired) electrons. The second kappa shape index (κ2) is 10.8. The lowest BCUT2D eigenvalue weighted by atomic mass is 10.2. The number of carbonyl (C=O) groups is 1. The topological polar surface area (TPSA) is 63.1 Å². The Bertz CT molecular complexity index is 1020. The standard InChI is InChI=1S/C23H28ClN5OS/c1-5-20(28(3)4)22-26-27-23(29(22)14-17-9-7-6-8-10-17)31-15-21(30)25-18-12-11-16(2)19(24)13-18/h6-13,20H,5,14-15H2,1-4H3,(H,25,30). The van der Waals surface area contributed by atoms with E-state index in [1.165, 1.54) is 11.8 Å². The van der Waals surface area contributed by atoms with Gasteiger partial charge in [0.2, 0.25) is 5.91 Å². The first-order valence-electron chi connectivity index (χ1n) is 10.2. The van der Waals surface area contributed by atoms with E-state index in [-0.39, 0.29) is 17.7 Å². The number of rotatable bonds is 9. The van der Waals surface area contributed by atoms with Gasteiger partial charge < -0.3 is 9.88 Å². The number of aryl methyl sites for hydroxylation is 1.